The second-order valence-electron chi connectivity index (χ2n) is 9.60. The van der Waals surface area contributed by atoms with Crippen molar-refractivity contribution in [3.63, 3.8) is 0 Å². The average Bonchev–Trinajstić information content (AvgIpc) is 3.04. The summed E-state index contributed by atoms with van der Waals surface area (Å²) in [6, 6.07) is 15.6. The first kappa shape index (κ1) is 30.0. The van der Waals surface area contributed by atoms with Gasteiger partial charge in [-0.3, -0.25) is 15.0 Å². The van der Waals surface area contributed by atoms with Crippen molar-refractivity contribution in [1.82, 2.24) is 15.0 Å². The molecule has 4 rings (SSSR count). The lowest BCUT2D eigenvalue weighted by Crippen LogP contribution is -2.15. The molecule has 0 saturated carbocycles. The number of rotatable bonds is 15. The minimum atomic E-state index is -0.641. The van der Waals surface area contributed by atoms with Gasteiger partial charge in [0.25, 0.3) is 0 Å². The third-order valence-corrected chi connectivity index (χ3v) is 6.34. The van der Waals surface area contributed by atoms with Gasteiger partial charge in [-0.1, -0.05) is 18.2 Å². The summed E-state index contributed by atoms with van der Waals surface area (Å²) in [5, 5.41) is 0. The summed E-state index contributed by atoms with van der Waals surface area (Å²) in [5.41, 5.74) is 3.33. The van der Waals surface area contributed by atoms with Crippen LogP contribution in [0.1, 0.15) is 67.0 Å². The summed E-state index contributed by atoms with van der Waals surface area (Å²) >= 11 is 0. The van der Waals surface area contributed by atoms with Gasteiger partial charge in [-0.2, -0.15) is 0 Å². The van der Waals surface area contributed by atoms with Crippen LogP contribution in [0.2, 0.25) is 0 Å². The average molecular weight is 568 g/mol. The molecule has 42 heavy (non-hydrogen) atoms. The maximum Gasteiger partial charge on any atom is 0.338 e. The molecule has 0 fully saturated rings. The Morgan fingerprint density at radius 1 is 0.500 bits per heavy atom. The standard InChI is InChI=1S/C33H33N3O6/c37-31(40-16-4-10-25-7-1-13-34-22-25)28-19-29(32(38)41-17-5-11-26-8-2-14-35-23-26)21-30(20-28)33(39)42-18-6-12-27-9-3-15-36-24-27/h1-3,7-9,13-15,19-24H,4-6,10-12,16-18H2. The van der Waals surface area contributed by atoms with E-state index in [0.717, 1.165) is 16.7 Å². The second-order valence-corrected chi connectivity index (χ2v) is 9.60. The molecule has 0 aliphatic heterocycles. The molecular weight excluding hydrogens is 534 g/mol. The number of esters is 3. The first-order valence-corrected chi connectivity index (χ1v) is 13.9. The number of ether oxygens (including phenoxy) is 3. The highest BCUT2D eigenvalue weighted by Gasteiger charge is 2.19. The van der Waals surface area contributed by atoms with E-state index < -0.39 is 17.9 Å². The molecule has 3 aromatic heterocycles. The van der Waals surface area contributed by atoms with E-state index in [9.17, 15) is 14.4 Å². The van der Waals surface area contributed by atoms with Gasteiger partial charge in [0.1, 0.15) is 0 Å². The molecule has 9 heteroatoms. The minimum absolute atomic E-state index is 0.0727. The number of benzene rings is 1. The summed E-state index contributed by atoms with van der Waals surface area (Å²) in [6.45, 7) is 0.514. The number of carbonyl (C=O) groups excluding carboxylic acids is 3. The van der Waals surface area contributed by atoms with E-state index >= 15 is 0 Å². The Morgan fingerprint density at radius 3 is 1.07 bits per heavy atom. The smallest absolute Gasteiger partial charge is 0.338 e. The molecule has 216 valence electrons. The highest BCUT2D eigenvalue weighted by molar-refractivity contribution is 6.00. The Labute approximate surface area is 244 Å². The predicted octanol–water partition coefficient (Wildman–Crippen LogP) is 5.24. The van der Waals surface area contributed by atoms with E-state index in [0.29, 0.717) is 38.5 Å². The van der Waals surface area contributed by atoms with Gasteiger partial charge in [0.15, 0.2) is 0 Å². The SMILES string of the molecule is O=C(OCCCc1cccnc1)c1cc(C(=O)OCCCc2cccnc2)cc(C(=O)OCCCc2cccnc2)c1. The molecule has 0 amide bonds. The predicted molar refractivity (Wildman–Crippen MR) is 155 cm³/mol. The van der Waals surface area contributed by atoms with Gasteiger partial charge in [-0.25, -0.2) is 14.4 Å². The van der Waals surface area contributed by atoms with Crippen LogP contribution in [-0.4, -0.2) is 52.7 Å². The summed E-state index contributed by atoms with van der Waals surface area (Å²) in [7, 11) is 0. The zero-order valence-corrected chi connectivity index (χ0v) is 23.3. The molecule has 0 aliphatic carbocycles. The van der Waals surface area contributed by atoms with Crippen LogP contribution in [0.15, 0.2) is 91.8 Å². The molecule has 0 aliphatic rings. The van der Waals surface area contributed by atoms with Crippen molar-refractivity contribution in [3.05, 3.63) is 125 Å². The molecular formula is C33H33N3O6. The molecule has 0 atom stereocenters. The third-order valence-electron chi connectivity index (χ3n) is 6.34. The van der Waals surface area contributed by atoms with E-state index in [-0.39, 0.29) is 36.5 Å². The van der Waals surface area contributed by atoms with Crippen molar-refractivity contribution in [2.45, 2.75) is 38.5 Å². The Bertz CT molecular complexity index is 1250. The molecule has 1 aromatic carbocycles. The van der Waals surface area contributed by atoms with E-state index in [4.69, 9.17) is 14.2 Å². The van der Waals surface area contributed by atoms with Crippen LogP contribution >= 0.6 is 0 Å². The van der Waals surface area contributed by atoms with E-state index in [1.807, 2.05) is 36.4 Å². The van der Waals surface area contributed by atoms with Gasteiger partial charge < -0.3 is 14.2 Å². The Kier molecular flexibility index (Phi) is 11.7. The van der Waals surface area contributed by atoms with E-state index in [1.54, 1.807) is 37.2 Å². The number of aromatic nitrogens is 3. The molecule has 0 bridgehead atoms. The van der Waals surface area contributed by atoms with Crippen molar-refractivity contribution >= 4 is 17.9 Å². The van der Waals surface area contributed by atoms with Gasteiger partial charge in [-0.05, 0) is 91.6 Å². The number of nitrogens with zero attached hydrogens (tertiary/aromatic N) is 3. The van der Waals surface area contributed by atoms with Gasteiger partial charge in [0, 0.05) is 37.2 Å². The summed E-state index contributed by atoms with van der Waals surface area (Å²) in [4.78, 5) is 50.9. The number of pyridine rings is 3. The van der Waals surface area contributed by atoms with E-state index in [1.165, 1.54) is 18.2 Å². The number of aryl methyl sites for hydroxylation is 3. The summed E-state index contributed by atoms with van der Waals surface area (Å²) in [6.07, 6.45) is 14.3. The number of hydrogen-bond acceptors (Lipinski definition) is 9. The summed E-state index contributed by atoms with van der Waals surface area (Å²) in [5.74, 6) is -1.92. The zero-order chi connectivity index (χ0) is 29.4. The molecule has 9 nitrogen and oxygen atoms in total. The van der Waals surface area contributed by atoms with Crippen LogP contribution in [0, 0.1) is 0 Å². The highest BCUT2D eigenvalue weighted by atomic mass is 16.5. The lowest BCUT2D eigenvalue weighted by molar-refractivity contribution is 0.0497. The number of hydrogen-bond donors (Lipinski definition) is 0. The van der Waals surface area contributed by atoms with Gasteiger partial charge in [0.2, 0.25) is 0 Å². The van der Waals surface area contributed by atoms with Crippen LogP contribution in [0.3, 0.4) is 0 Å². The van der Waals surface area contributed by atoms with Crippen LogP contribution in [0.5, 0.6) is 0 Å². The van der Waals surface area contributed by atoms with Gasteiger partial charge in [0.05, 0.1) is 36.5 Å². The molecule has 0 radical (unpaired) electrons. The third kappa shape index (κ3) is 9.92. The molecule has 0 saturated heterocycles. The van der Waals surface area contributed by atoms with Gasteiger partial charge in [-0.15, -0.1) is 0 Å². The highest BCUT2D eigenvalue weighted by Crippen LogP contribution is 2.16. The van der Waals surface area contributed by atoms with Crippen molar-refractivity contribution in [1.29, 1.82) is 0 Å². The van der Waals surface area contributed by atoms with Crippen LogP contribution in [-0.2, 0) is 33.5 Å². The lowest BCUT2D eigenvalue weighted by Gasteiger charge is -2.11. The first-order valence-electron chi connectivity index (χ1n) is 13.9. The second kappa shape index (κ2) is 16.4. The Balaban J connectivity index is 1.36. The van der Waals surface area contributed by atoms with Crippen molar-refractivity contribution < 1.29 is 28.6 Å². The van der Waals surface area contributed by atoms with E-state index in [2.05, 4.69) is 15.0 Å². The van der Waals surface area contributed by atoms with Crippen LogP contribution < -0.4 is 0 Å². The van der Waals surface area contributed by atoms with Gasteiger partial charge >= 0.3 is 17.9 Å². The fourth-order valence-electron chi connectivity index (χ4n) is 4.19. The van der Waals surface area contributed by atoms with Crippen molar-refractivity contribution in [3.8, 4) is 0 Å². The monoisotopic (exact) mass is 567 g/mol. The Hall–Kier alpha value is -4.92. The van der Waals surface area contributed by atoms with Crippen LogP contribution in [0.25, 0.3) is 0 Å². The normalized spacial score (nSPS) is 10.6. The fraction of sp³-hybridized carbons (Fsp3) is 0.273. The fourth-order valence-corrected chi connectivity index (χ4v) is 4.19. The molecule has 0 unspecified atom stereocenters. The lowest BCUT2D eigenvalue weighted by atomic mass is 10.1. The Morgan fingerprint density at radius 2 is 0.810 bits per heavy atom. The molecule has 4 aromatic rings. The van der Waals surface area contributed by atoms with Crippen LogP contribution in [0.4, 0.5) is 0 Å². The van der Waals surface area contributed by atoms with Crippen molar-refractivity contribution in [2.24, 2.45) is 0 Å². The minimum Gasteiger partial charge on any atom is -0.462 e. The quantitative estimate of drug-likeness (QED) is 0.108. The molecule has 0 N–H and O–H groups in total. The largest absolute Gasteiger partial charge is 0.462 e. The maximum absolute atomic E-state index is 12.9. The first-order chi connectivity index (χ1) is 20.6. The maximum atomic E-state index is 12.9. The summed E-state index contributed by atoms with van der Waals surface area (Å²) < 4.78 is 16.3. The molecule has 0 spiro atoms. The molecule has 3 heterocycles. The number of carbonyl (C=O) groups is 3. The topological polar surface area (TPSA) is 118 Å². The zero-order valence-electron chi connectivity index (χ0n) is 23.3. The van der Waals surface area contributed by atoms with Crippen molar-refractivity contribution in [2.75, 3.05) is 19.8 Å².